The molecule has 0 spiro atoms. The van der Waals surface area contributed by atoms with E-state index in [-0.39, 0.29) is 34.4 Å². The number of phenols is 1. The number of aryl methyl sites for hydroxylation is 1. The molecule has 0 aliphatic heterocycles. The van der Waals surface area contributed by atoms with Gasteiger partial charge in [0.2, 0.25) is 0 Å². The number of alkyl halides is 1. The lowest BCUT2D eigenvalue weighted by Gasteiger charge is -2.37. The summed E-state index contributed by atoms with van der Waals surface area (Å²) in [7, 11) is 3.19. The lowest BCUT2D eigenvalue weighted by molar-refractivity contribution is 0.170. The number of anilines is 1. The second kappa shape index (κ2) is 9.21. The van der Waals surface area contributed by atoms with Gasteiger partial charge in [-0.2, -0.15) is 4.98 Å². The van der Waals surface area contributed by atoms with Crippen LogP contribution < -0.4 is 10.6 Å². The summed E-state index contributed by atoms with van der Waals surface area (Å²) < 4.78 is 29.8. The summed E-state index contributed by atoms with van der Waals surface area (Å²) in [4.78, 5) is 21.6. The Hall–Kier alpha value is -3.43. The average Bonchev–Trinajstić information content (AvgIpc) is 2.81. The molecule has 3 aromatic rings. The van der Waals surface area contributed by atoms with E-state index in [9.17, 15) is 18.7 Å². The molecule has 1 aliphatic rings. The average molecular weight is 456 g/mol. The van der Waals surface area contributed by atoms with Crippen LogP contribution in [-0.4, -0.2) is 49.1 Å². The van der Waals surface area contributed by atoms with E-state index in [4.69, 9.17) is 0 Å². The molecule has 8 nitrogen and oxygen atoms in total. The number of rotatable bonds is 5. The maximum atomic E-state index is 14.5. The molecule has 1 saturated carbocycles. The fraction of sp³-hybridized carbons (Fsp3) is 0.435. The number of benzene rings is 1. The molecule has 0 amide bonds. The van der Waals surface area contributed by atoms with Crippen molar-refractivity contribution in [3.8, 4) is 28.4 Å². The van der Waals surface area contributed by atoms with Crippen LogP contribution >= 0.6 is 0 Å². The van der Waals surface area contributed by atoms with Crippen molar-refractivity contribution >= 4 is 5.82 Å². The second-order valence-electron chi connectivity index (χ2n) is 8.48. The Labute approximate surface area is 190 Å². The Kier molecular flexibility index (Phi) is 6.35. The largest absolute Gasteiger partial charge is 0.507 e. The summed E-state index contributed by atoms with van der Waals surface area (Å²) in [6, 6.07) is 4.04. The first kappa shape index (κ1) is 22.8. The summed E-state index contributed by atoms with van der Waals surface area (Å²) in [6.07, 6.45) is 4.82. The Morgan fingerprint density at radius 3 is 2.73 bits per heavy atom. The minimum absolute atomic E-state index is 0.158. The highest BCUT2D eigenvalue weighted by molar-refractivity contribution is 5.71. The Morgan fingerprint density at radius 2 is 2.06 bits per heavy atom. The number of aromatic hydroxyl groups is 1. The summed E-state index contributed by atoms with van der Waals surface area (Å²) in [6.45, 7) is 2.12. The van der Waals surface area contributed by atoms with Crippen LogP contribution in [0, 0.1) is 11.7 Å². The molecule has 33 heavy (non-hydrogen) atoms. The van der Waals surface area contributed by atoms with E-state index >= 15 is 0 Å². The molecule has 1 N–H and O–H groups in total. The number of hydrogen-bond acceptors (Lipinski definition) is 7. The van der Waals surface area contributed by atoms with Gasteiger partial charge in [0.05, 0.1) is 17.8 Å². The molecule has 2 aromatic heterocycles. The van der Waals surface area contributed by atoms with E-state index in [0.717, 1.165) is 30.0 Å². The highest BCUT2D eigenvalue weighted by Gasteiger charge is 2.33. The minimum Gasteiger partial charge on any atom is -0.507 e. The lowest BCUT2D eigenvalue weighted by Crippen LogP contribution is -2.44. The van der Waals surface area contributed by atoms with E-state index in [2.05, 4.69) is 27.1 Å². The van der Waals surface area contributed by atoms with Crippen LogP contribution in [0.25, 0.3) is 22.6 Å². The number of aromatic nitrogens is 5. The Morgan fingerprint density at radius 1 is 1.27 bits per heavy atom. The van der Waals surface area contributed by atoms with E-state index < -0.39 is 17.7 Å². The zero-order chi connectivity index (χ0) is 23.7. The minimum atomic E-state index is -0.931. The first-order valence-electron chi connectivity index (χ1n) is 10.9. The van der Waals surface area contributed by atoms with Crippen LogP contribution in [0.5, 0.6) is 5.75 Å². The van der Waals surface area contributed by atoms with Crippen LogP contribution in [0.1, 0.15) is 32.6 Å². The predicted octanol–water partition coefficient (Wildman–Crippen LogP) is 3.50. The van der Waals surface area contributed by atoms with Crippen LogP contribution in [-0.2, 0) is 7.05 Å². The second-order valence-corrected chi connectivity index (χ2v) is 8.48. The zero-order valence-electron chi connectivity index (χ0n) is 18.7. The van der Waals surface area contributed by atoms with Crippen molar-refractivity contribution in [2.75, 3.05) is 11.9 Å². The number of phenolic OH excluding ortho intramolecular Hbond substituents is 1. The van der Waals surface area contributed by atoms with Gasteiger partial charge in [0.25, 0.3) is 0 Å². The SMILES string of the molecule is CC[C@@H]1CC[C@H](F)[C@H](N(C)c2cnc(-c3ccc(-c4nc(=O)n(C)cc4F)cc3O)nn2)C1. The first-order chi connectivity index (χ1) is 15.8. The van der Waals surface area contributed by atoms with Gasteiger partial charge in [0.1, 0.15) is 17.6 Å². The molecule has 0 radical (unpaired) electrons. The van der Waals surface area contributed by atoms with E-state index in [1.165, 1.54) is 31.4 Å². The standard InChI is InChI=1S/C23H26F2N6O2/c1-4-13-5-8-16(24)18(9-13)31(3)20-11-26-22(29-28-20)15-7-6-14(10-19(15)32)21-17(25)12-30(2)23(33)27-21/h6-7,10-13,16,18,32H,4-5,8-9H2,1-3H3/t13-,16+,18-/m1/s1. The van der Waals surface area contributed by atoms with Crippen molar-refractivity contribution in [2.24, 2.45) is 13.0 Å². The molecule has 3 atom stereocenters. The number of halogens is 2. The van der Waals surface area contributed by atoms with Crippen LogP contribution in [0.3, 0.4) is 0 Å². The highest BCUT2D eigenvalue weighted by atomic mass is 19.1. The molecular weight excluding hydrogens is 430 g/mol. The maximum absolute atomic E-state index is 14.5. The molecule has 1 aromatic carbocycles. The summed E-state index contributed by atoms with van der Waals surface area (Å²) in [5.41, 5.74) is -0.236. The number of nitrogens with zero attached hydrogens (tertiary/aromatic N) is 6. The number of hydrogen-bond donors (Lipinski definition) is 1. The molecule has 174 valence electrons. The molecule has 1 fully saturated rings. The van der Waals surface area contributed by atoms with Gasteiger partial charge in [-0.25, -0.2) is 18.6 Å². The van der Waals surface area contributed by atoms with Gasteiger partial charge in [0, 0.05) is 25.9 Å². The van der Waals surface area contributed by atoms with E-state index in [1.807, 2.05) is 0 Å². The molecular formula is C23H26F2N6O2. The van der Waals surface area contributed by atoms with Gasteiger partial charge in [-0.1, -0.05) is 19.4 Å². The fourth-order valence-corrected chi connectivity index (χ4v) is 4.27. The maximum Gasteiger partial charge on any atom is 0.348 e. The van der Waals surface area contributed by atoms with Crippen LogP contribution in [0.4, 0.5) is 14.6 Å². The smallest absolute Gasteiger partial charge is 0.348 e. The Bertz CT molecular complexity index is 1200. The lowest BCUT2D eigenvalue weighted by atomic mass is 9.82. The summed E-state index contributed by atoms with van der Waals surface area (Å²) >= 11 is 0. The fourth-order valence-electron chi connectivity index (χ4n) is 4.27. The van der Waals surface area contributed by atoms with Crippen molar-refractivity contribution in [2.45, 2.75) is 44.8 Å². The van der Waals surface area contributed by atoms with Gasteiger partial charge in [-0.15, -0.1) is 10.2 Å². The van der Waals surface area contributed by atoms with Gasteiger partial charge >= 0.3 is 5.69 Å². The normalized spacial score (nSPS) is 20.6. The molecule has 0 unspecified atom stereocenters. The van der Waals surface area contributed by atoms with E-state index in [0.29, 0.717) is 18.2 Å². The summed E-state index contributed by atoms with van der Waals surface area (Å²) in [5, 5.41) is 18.8. The quantitative estimate of drug-likeness (QED) is 0.628. The molecule has 0 bridgehead atoms. The van der Waals surface area contributed by atoms with Crippen molar-refractivity contribution in [1.29, 1.82) is 0 Å². The zero-order valence-corrected chi connectivity index (χ0v) is 18.7. The Balaban J connectivity index is 1.57. The molecule has 2 heterocycles. The summed E-state index contributed by atoms with van der Waals surface area (Å²) in [5.74, 6) is 0.211. The molecule has 10 heteroatoms. The van der Waals surface area contributed by atoms with Crippen molar-refractivity contribution in [3.63, 3.8) is 0 Å². The molecule has 1 aliphatic carbocycles. The molecule has 0 saturated heterocycles. The van der Waals surface area contributed by atoms with Crippen molar-refractivity contribution in [3.05, 3.63) is 46.9 Å². The molecule has 4 rings (SSSR count). The monoisotopic (exact) mass is 456 g/mol. The highest BCUT2D eigenvalue weighted by Crippen LogP contribution is 2.34. The van der Waals surface area contributed by atoms with Gasteiger partial charge in [-0.3, -0.25) is 4.57 Å². The topological polar surface area (TPSA) is 97.0 Å². The first-order valence-corrected chi connectivity index (χ1v) is 10.9. The van der Waals surface area contributed by atoms with Crippen molar-refractivity contribution < 1.29 is 13.9 Å². The van der Waals surface area contributed by atoms with Crippen LogP contribution in [0.2, 0.25) is 0 Å². The third-order valence-corrected chi connectivity index (χ3v) is 6.38. The third kappa shape index (κ3) is 4.55. The third-order valence-electron chi connectivity index (χ3n) is 6.38. The van der Waals surface area contributed by atoms with Crippen molar-refractivity contribution in [1.82, 2.24) is 24.7 Å². The van der Waals surface area contributed by atoms with Crippen LogP contribution in [0.15, 0.2) is 35.4 Å². The predicted molar refractivity (Wildman–Crippen MR) is 120 cm³/mol. The van der Waals surface area contributed by atoms with E-state index in [1.54, 1.807) is 11.9 Å². The van der Waals surface area contributed by atoms with Gasteiger partial charge in [0.15, 0.2) is 17.5 Å². The van der Waals surface area contributed by atoms with Gasteiger partial charge in [-0.05, 0) is 37.3 Å². The van der Waals surface area contributed by atoms with Gasteiger partial charge < -0.3 is 10.0 Å².